The van der Waals surface area contributed by atoms with Crippen LogP contribution >= 0.6 is 0 Å². The lowest BCUT2D eigenvalue weighted by Gasteiger charge is -1.97. The molecule has 62 valence electrons. The van der Waals surface area contributed by atoms with Crippen LogP contribution in [0.2, 0.25) is 0 Å². The molecule has 0 amide bonds. The smallest absolute Gasteiger partial charge is 0.0658 e. The summed E-state index contributed by atoms with van der Waals surface area (Å²) in [6, 6.07) is 0. The Morgan fingerprint density at radius 2 is 2.45 bits per heavy atom. The quantitative estimate of drug-likeness (QED) is 0.649. The minimum Gasteiger partial charge on any atom is -0.383 e. The number of aromatic nitrogens is 2. The lowest BCUT2D eigenvalue weighted by atomic mass is 10.3. The van der Waals surface area contributed by atoms with Crippen molar-refractivity contribution in [1.82, 2.24) is 9.78 Å². The molecule has 0 N–H and O–H groups in total. The molecule has 3 nitrogen and oxygen atoms in total. The second-order valence-corrected chi connectivity index (χ2v) is 2.46. The van der Waals surface area contributed by atoms with Crippen LogP contribution in [-0.2, 0) is 17.7 Å². The van der Waals surface area contributed by atoms with Crippen molar-refractivity contribution in [2.45, 2.75) is 19.9 Å². The van der Waals surface area contributed by atoms with Gasteiger partial charge in [0.25, 0.3) is 0 Å². The highest BCUT2D eigenvalue weighted by molar-refractivity contribution is 5.02. The second-order valence-electron chi connectivity index (χ2n) is 2.46. The Morgan fingerprint density at radius 3 is 3.00 bits per heavy atom. The highest BCUT2D eigenvalue weighted by Gasteiger charge is 1.94. The highest BCUT2D eigenvalue weighted by Crippen LogP contribution is 1.97. The number of nitrogens with zero attached hydrogens (tertiary/aromatic N) is 2. The van der Waals surface area contributed by atoms with Crippen LogP contribution in [0.25, 0.3) is 0 Å². The molecule has 0 aromatic carbocycles. The zero-order valence-electron chi connectivity index (χ0n) is 7.08. The molecule has 0 spiro atoms. The van der Waals surface area contributed by atoms with Crippen LogP contribution in [-0.4, -0.2) is 23.5 Å². The minimum absolute atomic E-state index is 0.727. The average molecular weight is 154 g/mol. The summed E-state index contributed by atoms with van der Waals surface area (Å²) in [5.74, 6) is 0. The number of hydrogen-bond donors (Lipinski definition) is 0. The zero-order valence-corrected chi connectivity index (χ0v) is 7.08. The van der Waals surface area contributed by atoms with Crippen LogP contribution in [0.15, 0.2) is 12.4 Å². The SMILES string of the molecule is CCc1cnn(CCOC)c1. The van der Waals surface area contributed by atoms with E-state index in [0.717, 1.165) is 19.6 Å². The molecule has 0 aliphatic carbocycles. The fourth-order valence-corrected chi connectivity index (χ4v) is 0.896. The maximum atomic E-state index is 4.93. The van der Waals surface area contributed by atoms with Gasteiger partial charge in [0, 0.05) is 13.3 Å². The molecule has 1 rings (SSSR count). The van der Waals surface area contributed by atoms with Gasteiger partial charge in [-0.1, -0.05) is 6.92 Å². The van der Waals surface area contributed by atoms with E-state index < -0.39 is 0 Å². The predicted molar refractivity (Wildman–Crippen MR) is 43.5 cm³/mol. The summed E-state index contributed by atoms with van der Waals surface area (Å²) in [6.45, 7) is 3.69. The molecule has 1 aromatic rings. The van der Waals surface area contributed by atoms with Crippen LogP contribution in [0, 0.1) is 0 Å². The van der Waals surface area contributed by atoms with Crippen LogP contribution in [0.1, 0.15) is 12.5 Å². The van der Waals surface area contributed by atoms with Gasteiger partial charge in [-0.15, -0.1) is 0 Å². The van der Waals surface area contributed by atoms with E-state index in [1.54, 1.807) is 7.11 Å². The second kappa shape index (κ2) is 4.13. The fourth-order valence-electron chi connectivity index (χ4n) is 0.896. The third kappa shape index (κ3) is 2.35. The molecule has 0 aliphatic rings. The van der Waals surface area contributed by atoms with Gasteiger partial charge in [-0.25, -0.2) is 0 Å². The number of methoxy groups -OCH3 is 1. The van der Waals surface area contributed by atoms with E-state index in [1.807, 2.05) is 10.9 Å². The van der Waals surface area contributed by atoms with Crippen molar-refractivity contribution in [3.8, 4) is 0 Å². The topological polar surface area (TPSA) is 27.1 Å². The minimum atomic E-state index is 0.727. The Balaban J connectivity index is 2.44. The third-order valence-corrected chi connectivity index (χ3v) is 1.62. The van der Waals surface area contributed by atoms with Crippen molar-refractivity contribution in [2.75, 3.05) is 13.7 Å². The first-order valence-corrected chi connectivity index (χ1v) is 3.87. The zero-order chi connectivity index (χ0) is 8.10. The normalized spacial score (nSPS) is 10.4. The van der Waals surface area contributed by atoms with Crippen LogP contribution < -0.4 is 0 Å². The lowest BCUT2D eigenvalue weighted by molar-refractivity contribution is 0.183. The Kier molecular flexibility index (Phi) is 3.11. The molecule has 0 atom stereocenters. The summed E-state index contributed by atoms with van der Waals surface area (Å²) in [4.78, 5) is 0. The molecule has 3 heteroatoms. The van der Waals surface area contributed by atoms with Gasteiger partial charge in [-0.3, -0.25) is 4.68 Å². The van der Waals surface area contributed by atoms with Gasteiger partial charge in [0.15, 0.2) is 0 Å². The van der Waals surface area contributed by atoms with Crippen LogP contribution in [0.3, 0.4) is 0 Å². The number of hydrogen-bond acceptors (Lipinski definition) is 2. The molecule has 0 saturated heterocycles. The van der Waals surface area contributed by atoms with E-state index in [2.05, 4.69) is 18.2 Å². The summed E-state index contributed by atoms with van der Waals surface area (Å²) in [5.41, 5.74) is 1.28. The van der Waals surface area contributed by atoms with Crippen molar-refractivity contribution < 1.29 is 4.74 Å². The van der Waals surface area contributed by atoms with Gasteiger partial charge in [-0.2, -0.15) is 5.10 Å². The van der Waals surface area contributed by atoms with Crippen LogP contribution in [0.4, 0.5) is 0 Å². The maximum Gasteiger partial charge on any atom is 0.0658 e. The van der Waals surface area contributed by atoms with Crippen molar-refractivity contribution >= 4 is 0 Å². The van der Waals surface area contributed by atoms with Gasteiger partial charge < -0.3 is 4.74 Å². The largest absolute Gasteiger partial charge is 0.383 e. The van der Waals surface area contributed by atoms with Gasteiger partial charge >= 0.3 is 0 Å². The van der Waals surface area contributed by atoms with Crippen LogP contribution in [0.5, 0.6) is 0 Å². The molecule has 0 fully saturated rings. The van der Waals surface area contributed by atoms with E-state index in [0.29, 0.717) is 0 Å². The maximum absolute atomic E-state index is 4.93. The van der Waals surface area contributed by atoms with Gasteiger partial charge in [0.1, 0.15) is 0 Å². The molecule has 1 aromatic heterocycles. The summed E-state index contributed by atoms with van der Waals surface area (Å²) in [5, 5.41) is 4.16. The molecular weight excluding hydrogens is 140 g/mol. The van der Waals surface area contributed by atoms with Gasteiger partial charge in [0.2, 0.25) is 0 Å². The van der Waals surface area contributed by atoms with Gasteiger partial charge in [0.05, 0.1) is 19.3 Å². The van der Waals surface area contributed by atoms with Gasteiger partial charge in [-0.05, 0) is 12.0 Å². The lowest BCUT2D eigenvalue weighted by Crippen LogP contribution is -2.03. The van der Waals surface area contributed by atoms with Crippen molar-refractivity contribution in [3.05, 3.63) is 18.0 Å². The summed E-state index contributed by atoms with van der Waals surface area (Å²) < 4.78 is 6.83. The monoisotopic (exact) mass is 154 g/mol. The van der Waals surface area contributed by atoms with E-state index in [-0.39, 0.29) is 0 Å². The summed E-state index contributed by atoms with van der Waals surface area (Å²) in [7, 11) is 1.70. The van der Waals surface area contributed by atoms with Crippen molar-refractivity contribution in [1.29, 1.82) is 0 Å². The van der Waals surface area contributed by atoms with Crippen molar-refractivity contribution in [2.24, 2.45) is 0 Å². The Hall–Kier alpha value is -0.830. The number of aryl methyl sites for hydroxylation is 1. The van der Waals surface area contributed by atoms with E-state index in [9.17, 15) is 0 Å². The third-order valence-electron chi connectivity index (χ3n) is 1.62. The Morgan fingerprint density at radius 1 is 1.64 bits per heavy atom. The number of rotatable bonds is 4. The van der Waals surface area contributed by atoms with E-state index in [1.165, 1.54) is 5.56 Å². The first kappa shape index (κ1) is 8.27. The Bertz CT molecular complexity index is 208. The highest BCUT2D eigenvalue weighted by atomic mass is 16.5. The molecule has 1 heterocycles. The predicted octanol–water partition coefficient (Wildman–Crippen LogP) is 1.09. The summed E-state index contributed by atoms with van der Waals surface area (Å²) in [6.07, 6.45) is 5.00. The summed E-state index contributed by atoms with van der Waals surface area (Å²) >= 11 is 0. The molecule has 0 saturated carbocycles. The molecule has 11 heavy (non-hydrogen) atoms. The van der Waals surface area contributed by atoms with E-state index in [4.69, 9.17) is 4.74 Å². The number of ether oxygens (including phenoxy) is 1. The van der Waals surface area contributed by atoms with Crippen molar-refractivity contribution in [3.63, 3.8) is 0 Å². The molecule has 0 radical (unpaired) electrons. The first-order valence-electron chi connectivity index (χ1n) is 3.87. The Labute approximate surface area is 67.0 Å². The standard InChI is InChI=1S/C8H14N2O/c1-3-8-6-9-10(7-8)4-5-11-2/h6-7H,3-5H2,1-2H3. The molecule has 0 bridgehead atoms. The fraction of sp³-hybridized carbons (Fsp3) is 0.625. The van der Waals surface area contributed by atoms with E-state index >= 15 is 0 Å². The molecule has 0 aliphatic heterocycles. The first-order chi connectivity index (χ1) is 5.36. The molecule has 0 unspecified atom stereocenters. The molecular formula is C8H14N2O. The average Bonchev–Trinajstić information content (AvgIpc) is 2.48.